The van der Waals surface area contributed by atoms with E-state index in [1.54, 1.807) is 37.1 Å². The molecule has 2 aliphatic rings. The monoisotopic (exact) mass is 454 g/mol. The Labute approximate surface area is 197 Å². The van der Waals surface area contributed by atoms with E-state index in [0.717, 1.165) is 54.3 Å². The lowest BCUT2D eigenvalue weighted by Crippen LogP contribution is -2.60. The van der Waals surface area contributed by atoms with Crippen molar-refractivity contribution in [3.63, 3.8) is 0 Å². The predicted octanol–water partition coefficient (Wildman–Crippen LogP) is 2.87. The summed E-state index contributed by atoms with van der Waals surface area (Å²) >= 11 is 0. The van der Waals surface area contributed by atoms with Gasteiger partial charge in [0.15, 0.2) is 0 Å². The number of carbonyl (C=O) groups excluding carboxylic acids is 1. The highest BCUT2D eigenvalue weighted by atomic mass is 16.1. The predicted molar refractivity (Wildman–Crippen MR) is 131 cm³/mol. The van der Waals surface area contributed by atoms with Crippen molar-refractivity contribution in [1.82, 2.24) is 29.8 Å². The molecule has 172 valence electrons. The van der Waals surface area contributed by atoms with Crippen molar-refractivity contribution in [2.24, 2.45) is 12.5 Å². The van der Waals surface area contributed by atoms with Crippen LogP contribution in [0.15, 0.2) is 55.2 Å². The molecular weight excluding hydrogens is 428 g/mol. The highest BCUT2D eigenvalue weighted by Crippen LogP contribution is 2.40. The normalized spacial score (nSPS) is 17.0. The third-order valence-electron chi connectivity index (χ3n) is 6.94. The first kappa shape index (κ1) is 20.7. The van der Waals surface area contributed by atoms with Crippen LogP contribution in [-0.2, 0) is 7.05 Å². The van der Waals surface area contributed by atoms with Gasteiger partial charge in [0.2, 0.25) is 0 Å². The van der Waals surface area contributed by atoms with Crippen LogP contribution in [0.25, 0.3) is 22.3 Å². The highest BCUT2D eigenvalue weighted by Gasteiger charge is 2.43. The van der Waals surface area contributed by atoms with E-state index in [2.05, 4.69) is 30.5 Å². The number of imidazole rings is 1. The minimum atomic E-state index is -0.213. The Bertz CT molecular complexity index is 1370. The average molecular weight is 455 g/mol. The molecule has 0 atom stereocenters. The largest absolute Gasteiger partial charge is 0.355 e. The van der Waals surface area contributed by atoms with Crippen LogP contribution in [0.2, 0.25) is 0 Å². The molecule has 4 aromatic heterocycles. The van der Waals surface area contributed by atoms with Gasteiger partial charge < -0.3 is 20.1 Å². The van der Waals surface area contributed by atoms with Gasteiger partial charge in [-0.25, -0.2) is 19.9 Å². The smallest absolute Gasteiger partial charge is 0.257 e. The first-order valence-corrected chi connectivity index (χ1v) is 11.6. The number of anilines is 2. The standard InChI is InChI=1S/C25H26N8O/c1-32-16-27-13-21(32)19-3-2-18-12-29-22(11-20(18)30-19)31-24(34)17-4-7-28-23(10-17)33-14-25(15-33)5-8-26-9-6-25/h2-4,7,10-13,16,26H,5-6,8-9,14-15H2,1H3,(H,29,31,34). The second-order valence-electron chi connectivity index (χ2n) is 9.31. The Morgan fingerprint density at radius 1 is 1.09 bits per heavy atom. The van der Waals surface area contributed by atoms with Crippen molar-refractivity contribution in [1.29, 1.82) is 0 Å². The molecule has 0 saturated carbocycles. The summed E-state index contributed by atoms with van der Waals surface area (Å²) in [5, 5.41) is 7.25. The number of hydrogen-bond donors (Lipinski definition) is 2. The Hall–Kier alpha value is -3.85. The zero-order valence-electron chi connectivity index (χ0n) is 19.0. The molecule has 34 heavy (non-hydrogen) atoms. The molecule has 6 heterocycles. The van der Waals surface area contributed by atoms with Crippen LogP contribution in [0, 0.1) is 5.41 Å². The summed E-state index contributed by atoms with van der Waals surface area (Å²) in [4.78, 5) is 33.1. The lowest BCUT2D eigenvalue weighted by molar-refractivity contribution is 0.102. The van der Waals surface area contributed by atoms with Gasteiger partial charge in [0.1, 0.15) is 11.6 Å². The summed E-state index contributed by atoms with van der Waals surface area (Å²) in [5.41, 5.74) is 3.46. The molecule has 2 aliphatic heterocycles. The summed E-state index contributed by atoms with van der Waals surface area (Å²) in [6, 6.07) is 9.31. The van der Waals surface area contributed by atoms with Gasteiger partial charge in [-0.05, 0) is 50.2 Å². The van der Waals surface area contributed by atoms with E-state index in [1.165, 1.54) is 12.8 Å². The van der Waals surface area contributed by atoms with Gasteiger partial charge in [-0.2, -0.15) is 0 Å². The zero-order valence-corrected chi connectivity index (χ0v) is 19.0. The van der Waals surface area contributed by atoms with Crippen LogP contribution in [-0.4, -0.2) is 56.6 Å². The van der Waals surface area contributed by atoms with Gasteiger partial charge in [0.05, 0.1) is 29.4 Å². The second kappa shape index (κ2) is 8.18. The topological polar surface area (TPSA) is 101 Å². The number of fused-ring (bicyclic) bond motifs is 1. The van der Waals surface area contributed by atoms with E-state index < -0.39 is 0 Å². The van der Waals surface area contributed by atoms with Crippen molar-refractivity contribution >= 4 is 28.4 Å². The van der Waals surface area contributed by atoms with Crippen LogP contribution in [0.5, 0.6) is 0 Å². The molecule has 9 heteroatoms. The first-order chi connectivity index (χ1) is 16.6. The van der Waals surface area contributed by atoms with Crippen molar-refractivity contribution in [2.75, 3.05) is 36.4 Å². The van der Waals surface area contributed by atoms with Crippen molar-refractivity contribution in [3.8, 4) is 11.4 Å². The first-order valence-electron chi connectivity index (χ1n) is 11.6. The fourth-order valence-corrected chi connectivity index (χ4v) is 4.95. The molecule has 4 aromatic rings. The molecule has 0 bridgehead atoms. The number of piperidine rings is 1. The fourth-order valence-electron chi connectivity index (χ4n) is 4.95. The van der Waals surface area contributed by atoms with Crippen molar-refractivity contribution in [2.45, 2.75) is 12.8 Å². The lowest BCUT2D eigenvalue weighted by atomic mass is 9.72. The number of pyridine rings is 3. The van der Waals surface area contributed by atoms with E-state index in [-0.39, 0.29) is 5.91 Å². The van der Waals surface area contributed by atoms with Gasteiger partial charge in [0, 0.05) is 55.0 Å². The quantitative estimate of drug-likeness (QED) is 0.489. The van der Waals surface area contributed by atoms with Gasteiger partial charge in [-0.15, -0.1) is 0 Å². The summed E-state index contributed by atoms with van der Waals surface area (Å²) in [6.07, 6.45) is 9.36. The Kier molecular flexibility index (Phi) is 4.99. The van der Waals surface area contributed by atoms with Gasteiger partial charge in [-0.1, -0.05) is 0 Å². The Morgan fingerprint density at radius 3 is 2.74 bits per heavy atom. The molecule has 0 radical (unpaired) electrons. The number of nitrogens with zero attached hydrogens (tertiary/aromatic N) is 6. The van der Waals surface area contributed by atoms with E-state index in [9.17, 15) is 4.79 Å². The number of aromatic nitrogens is 5. The number of hydrogen-bond acceptors (Lipinski definition) is 7. The summed E-state index contributed by atoms with van der Waals surface area (Å²) in [6.45, 7) is 4.18. The minimum absolute atomic E-state index is 0.213. The molecule has 2 saturated heterocycles. The number of carbonyl (C=O) groups is 1. The molecular formula is C25H26N8O. The highest BCUT2D eigenvalue weighted by molar-refractivity contribution is 6.04. The number of rotatable bonds is 4. The van der Waals surface area contributed by atoms with Crippen molar-refractivity contribution < 1.29 is 4.79 Å². The number of nitrogens with one attached hydrogen (secondary N) is 2. The van der Waals surface area contributed by atoms with Crippen LogP contribution >= 0.6 is 0 Å². The van der Waals surface area contributed by atoms with Crippen LogP contribution in [0.3, 0.4) is 0 Å². The molecule has 0 unspecified atom stereocenters. The molecule has 0 aliphatic carbocycles. The maximum Gasteiger partial charge on any atom is 0.257 e. The number of amides is 1. The lowest BCUT2D eigenvalue weighted by Gasteiger charge is -2.53. The number of aryl methyl sites for hydroxylation is 1. The zero-order chi connectivity index (χ0) is 23.1. The molecule has 2 fully saturated rings. The van der Waals surface area contributed by atoms with E-state index in [0.29, 0.717) is 16.8 Å². The van der Waals surface area contributed by atoms with Gasteiger partial charge in [0.25, 0.3) is 5.91 Å². The molecule has 0 aromatic carbocycles. The molecule has 2 N–H and O–H groups in total. The Morgan fingerprint density at radius 2 is 1.94 bits per heavy atom. The average Bonchev–Trinajstić information content (AvgIpc) is 3.28. The van der Waals surface area contributed by atoms with Crippen LogP contribution in [0.4, 0.5) is 11.6 Å². The molecule has 1 amide bonds. The minimum Gasteiger partial charge on any atom is -0.355 e. The third-order valence-corrected chi connectivity index (χ3v) is 6.94. The van der Waals surface area contributed by atoms with Gasteiger partial charge >= 0.3 is 0 Å². The summed E-state index contributed by atoms with van der Waals surface area (Å²) in [7, 11) is 1.93. The molecule has 6 rings (SSSR count). The molecule has 9 nitrogen and oxygen atoms in total. The maximum atomic E-state index is 13.0. The fraction of sp³-hybridized carbons (Fsp3) is 0.320. The summed E-state index contributed by atoms with van der Waals surface area (Å²) < 4.78 is 1.92. The maximum absolute atomic E-state index is 13.0. The van der Waals surface area contributed by atoms with Crippen molar-refractivity contribution in [3.05, 3.63) is 60.8 Å². The summed E-state index contributed by atoms with van der Waals surface area (Å²) in [5.74, 6) is 1.10. The third kappa shape index (κ3) is 3.77. The van der Waals surface area contributed by atoms with E-state index in [4.69, 9.17) is 4.98 Å². The molecule has 1 spiro atoms. The van der Waals surface area contributed by atoms with E-state index in [1.807, 2.05) is 29.8 Å². The Balaban J connectivity index is 1.19. The second-order valence-corrected chi connectivity index (χ2v) is 9.31. The van der Waals surface area contributed by atoms with E-state index >= 15 is 0 Å². The van der Waals surface area contributed by atoms with Crippen LogP contribution < -0.4 is 15.5 Å². The van der Waals surface area contributed by atoms with Gasteiger partial charge in [-0.3, -0.25) is 4.79 Å². The van der Waals surface area contributed by atoms with Crippen LogP contribution in [0.1, 0.15) is 23.2 Å². The SMILES string of the molecule is Cn1cncc1-c1ccc2cnc(NC(=O)c3ccnc(N4CC5(CCNCC5)C4)c3)cc2n1.